The fourth-order valence-electron chi connectivity index (χ4n) is 1.85. The molecular formula is C17H18ClNO4S. The Morgan fingerprint density at radius 1 is 1.17 bits per heavy atom. The molecule has 0 fully saturated rings. The number of benzene rings is 2. The summed E-state index contributed by atoms with van der Waals surface area (Å²) in [6.07, 6.45) is 1.03. The van der Waals surface area contributed by atoms with E-state index in [1.807, 2.05) is 18.2 Å². The first-order valence-corrected chi connectivity index (χ1v) is 9.56. The second-order valence-electron chi connectivity index (χ2n) is 5.37. The molecule has 0 aliphatic heterocycles. The van der Waals surface area contributed by atoms with Crippen molar-refractivity contribution in [3.8, 4) is 5.75 Å². The Labute approximate surface area is 146 Å². The van der Waals surface area contributed by atoms with Crippen molar-refractivity contribution in [3.05, 3.63) is 59.1 Å². The first-order valence-electron chi connectivity index (χ1n) is 7.23. The molecule has 0 spiro atoms. The number of halogens is 1. The lowest BCUT2D eigenvalue weighted by Crippen LogP contribution is -2.31. The summed E-state index contributed by atoms with van der Waals surface area (Å²) in [4.78, 5) is 11.9. The van der Waals surface area contributed by atoms with E-state index in [1.54, 1.807) is 30.3 Å². The van der Waals surface area contributed by atoms with Crippen LogP contribution in [0.3, 0.4) is 0 Å². The average molecular weight is 368 g/mol. The highest BCUT2D eigenvalue weighted by molar-refractivity contribution is 7.92. The minimum Gasteiger partial charge on any atom is -0.489 e. The monoisotopic (exact) mass is 367 g/mol. The zero-order valence-corrected chi connectivity index (χ0v) is 14.9. The predicted molar refractivity (Wildman–Crippen MR) is 95.2 cm³/mol. The summed E-state index contributed by atoms with van der Waals surface area (Å²) in [6, 6.07) is 14.1. The van der Waals surface area contributed by atoms with Gasteiger partial charge in [0.1, 0.15) is 17.6 Å². The number of amides is 1. The van der Waals surface area contributed by atoms with Crippen LogP contribution in [0.25, 0.3) is 0 Å². The predicted octanol–water partition coefficient (Wildman–Crippen LogP) is 3.29. The van der Waals surface area contributed by atoms with Gasteiger partial charge in [0, 0.05) is 22.5 Å². The fraction of sp³-hybridized carbons (Fsp3) is 0.235. The molecule has 1 amide bonds. The molecule has 2 rings (SSSR count). The number of sulfone groups is 1. The Kier molecular flexibility index (Phi) is 5.85. The summed E-state index contributed by atoms with van der Waals surface area (Å²) < 4.78 is 28.4. The molecule has 0 saturated heterocycles. The lowest BCUT2D eigenvalue weighted by molar-refractivity contribution is -0.115. The maximum atomic E-state index is 11.9. The van der Waals surface area contributed by atoms with Crippen LogP contribution in [0.15, 0.2) is 48.5 Å². The SMILES string of the molecule is C[C@H](C(=O)Nc1ccc(OCc2ccccc2Cl)cc1)S(C)(=O)=O. The van der Waals surface area contributed by atoms with Crippen molar-refractivity contribution in [2.24, 2.45) is 0 Å². The maximum absolute atomic E-state index is 11.9. The van der Waals surface area contributed by atoms with E-state index in [0.29, 0.717) is 23.1 Å². The Hall–Kier alpha value is -2.05. The van der Waals surface area contributed by atoms with Crippen LogP contribution in [-0.2, 0) is 21.2 Å². The van der Waals surface area contributed by atoms with Crippen molar-refractivity contribution in [1.82, 2.24) is 0 Å². The van der Waals surface area contributed by atoms with Crippen molar-refractivity contribution < 1.29 is 17.9 Å². The molecule has 24 heavy (non-hydrogen) atoms. The number of carbonyl (C=O) groups is 1. The lowest BCUT2D eigenvalue weighted by Gasteiger charge is -2.11. The van der Waals surface area contributed by atoms with Crippen molar-refractivity contribution in [1.29, 1.82) is 0 Å². The maximum Gasteiger partial charge on any atom is 0.242 e. The second kappa shape index (κ2) is 7.68. The lowest BCUT2D eigenvalue weighted by atomic mass is 10.2. The molecule has 0 radical (unpaired) electrons. The summed E-state index contributed by atoms with van der Waals surface area (Å²) in [7, 11) is -3.42. The zero-order chi connectivity index (χ0) is 17.7. The Bertz CT molecular complexity index is 819. The van der Waals surface area contributed by atoms with Gasteiger partial charge in [0.05, 0.1) is 0 Å². The summed E-state index contributed by atoms with van der Waals surface area (Å²) in [6.45, 7) is 1.68. The molecule has 5 nitrogen and oxygen atoms in total. The number of carbonyl (C=O) groups excluding carboxylic acids is 1. The average Bonchev–Trinajstić information content (AvgIpc) is 2.54. The molecule has 128 valence electrons. The van der Waals surface area contributed by atoms with Gasteiger partial charge in [-0.05, 0) is 37.3 Å². The highest BCUT2D eigenvalue weighted by Crippen LogP contribution is 2.20. The first kappa shape index (κ1) is 18.3. The Balaban J connectivity index is 1.96. The van der Waals surface area contributed by atoms with Gasteiger partial charge in [0.15, 0.2) is 9.84 Å². The van der Waals surface area contributed by atoms with Crippen LogP contribution in [0.4, 0.5) is 5.69 Å². The van der Waals surface area contributed by atoms with Crippen molar-refractivity contribution in [2.75, 3.05) is 11.6 Å². The van der Waals surface area contributed by atoms with Crippen LogP contribution in [0.2, 0.25) is 5.02 Å². The zero-order valence-electron chi connectivity index (χ0n) is 13.3. The Morgan fingerprint density at radius 3 is 2.38 bits per heavy atom. The van der Waals surface area contributed by atoms with Gasteiger partial charge >= 0.3 is 0 Å². The molecule has 1 N–H and O–H groups in total. The van der Waals surface area contributed by atoms with E-state index < -0.39 is 21.0 Å². The molecule has 0 aliphatic carbocycles. The molecule has 2 aromatic carbocycles. The summed E-state index contributed by atoms with van der Waals surface area (Å²) >= 11 is 6.06. The first-order chi connectivity index (χ1) is 11.3. The third kappa shape index (κ3) is 4.97. The normalized spacial score (nSPS) is 12.5. The van der Waals surface area contributed by atoms with Gasteiger partial charge in [0.25, 0.3) is 0 Å². The number of hydrogen-bond acceptors (Lipinski definition) is 4. The second-order valence-corrected chi connectivity index (χ2v) is 8.14. The molecule has 0 aliphatic rings. The molecule has 0 aromatic heterocycles. The van der Waals surface area contributed by atoms with Gasteiger partial charge in [0.2, 0.25) is 5.91 Å². The molecule has 0 saturated carbocycles. The van der Waals surface area contributed by atoms with Crippen LogP contribution < -0.4 is 10.1 Å². The summed E-state index contributed by atoms with van der Waals surface area (Å²) in [5, 5.41) is 2.10. The minimum atomic E-state index is -3.42. The number of nitrogens with one attached hydrogen (secondary N) is 1. The molecular weight excluding hydrogens is 350 g/mol. The Morgan fingerprint density at radius 2 is 1.79 bits per heavy atom. The molecule has 0 unspecified atom stereocenters. The van der Waals surface area contributed by atoms with E-state index in [2.05, 4.69) is 5.32 Å². The fourth-order valence-corrected chi connectivity index (χ4v) is 2.49. The van der Waals surface area contributed by atoms with E-state index in [0.717, 1.165) is 11.8 Å². The van der Waals surface area contributed by atoms with Crippen LogP contribution in [0, 0.1) is 0 Å². The molecule has 1 atom stereocenters. The minimum absolute atomic E-state index is 0.330. The van der Waals surface area contributed by atoms with E-state index in [-0.39, 0.29) is 0 Å². The van der Waals surface area contributed by atoms with Gasteiger partial charge in [-0.3, -0.25) is 4.79 Å². The van der Waals surface area contributed by atoms with Crippen LogP contribution in [0.5, 0.6) is 5.75 Å². The summed E-state index contributed by atoms with van der Waals surface area (Å²) in [5.41, 5.74) is 1.37. The number of rotatable bonds is 6. The van der Waals surface area contributed by atoms with E-state index in [9.17, 15) is 13.2 Å². The van der Waals surface area contributed by atoms with E-state index in [1.165, 1.54) is 6.92 Å². The molecule has 2 aromatic rings. The smallest absolute Gasteiger partial charge is 0.242 e. The third-order valence-electron chi connectivity index (χ3n) is 3.49. The standard InChI is InChI=1S/C17H18ClNO4S/c1-12(24(2,21)22)17(20)19-14-7-9-15(10-8-14)23-11-13-5-3-4-6-16(13)18/h3-10,12H,11H2,1-2H3,(H,19,20)/t12-/m1/s1. The van der Waals surface area contributed by atoms with Crippen LogP contribution >= 0.6 is 11.6 Å². The highest BCUT2D eigenvalue weighted by Gasteiger charge is 2.23. The molecule has 0 bridgehead atoms. The molecule has 0 heterocycles. The van der Waals surface area contributed by atoms with Crippen LogP contribution in [-0.4, -0.2) is 25.8 Å². The number of ether oxygens (including phenoxy) is 1. The largest absolute Gasteiger partial charge is 0.489 e. The van der Waals surface area contributed by atoms with Crippen molar-refractivity contribution in [3.63, 3.8) is 0 Å². The summed E-state index contributed by atoms with van der Waals surface area (Å²) in [5.74, 6) is 0.0475. The van der Waals surface area contributed by atoms with E-state index >= 15 is 0 Å². The van der Waals surface area contributed by atoms with Crippen molar-refractivity contribution in [2.45, 2.75) is 18.8 Å². The van der Waals surface area contributed by atoms with Gasteiger partial charge in [-0.15, -0.1) is 0 Å². The van der Waals surface area contributed by atoms with Gasteiger partial charge < -0.3 is 10.1 Å². The topological polar surface area (TPSA) is 72.5 Å². The third-order valence-corrected chi connectivity index (χ3v) is 5.35. The molecule has 7 heteroatoms. The van der Waals surface area contributed by atoms with Gasteiger partial charge in [-0.2, -0.15) is 0 Å². The van der Waals surface area contributed by atoms with Gasteiger partial charge in [-0.25, -0.2) is 8.42 Å². The van der Waals surface area contributed by atoms with Crippen LogP contribution in [0.1, 0.15) is 12.5 Å². The van der Waals surface area contributed by atoms with E-state index in [4.69, 9.17) is 16.3 Å². The highest BCUT2D eigenvalue weighted by atomic mass is 35.5. The number of anilines is 1. The number of hydrogen-bond donors (Lipinski definition) is 1. The quantitative estimate of drug-likeness (QED) is 0.850. The van der Waals surface area contributed by atoms with Gasteiger partial charge in [-0.1, -0.05) is 29.8 Å². The van der Waals surface area contributed by atoms with Crippen molar-refractivity contribution >= 4 is 33.0 Å².